The van der Waals surface area contributed by atoms with Crippen molar-refractivity contribution in [1.82, 2.24) is 9.80 Å². The first kappa shape index (κ1) is 14.5. The van der Waals surface area contributed by atoms with Gasteiger partial charge in [0.1, 0.15) is 5.82 Å². The van der Waals surface area contributed by atoms with Gasteiger partial charge in [0.15, 0.2) is 0 Å². The van der Waals surface area contributed by atoms with Crippen molar-refractivity contribution < 1.29 is 14.0 Å². The molecule has 0 saturated carbocycles. The third kappa shape index (κ3) is 3.15. The van der Waals surface area contributed by atoms with E-state index in [0.29, 0.717) is 31.7 Å². The summed E-state index contributed by atoms with van der Waals surface area (Å²) in [5, 5.41) is 0. The third-order valence-corrected chi connectivity index (χ3v) is 3.44. The van der Waals surface area contributed by atoms with E-state index in [4.69, 9.17) is 0 Å². The van der Waals surface area contributed by atoms with Crippen molar-refractivity contribution in [2.75, 3.05) is 26.2 Å². The van der Waals surface area contributed by atoms with Gasteiger partial charge >= 0.3 is 0 Å². The lowest BCUT2D eigenvalue weighted by Gasteiger charge is -2.35. The van der Waals surface area contributed by atoms with E-state index in [-0.39, 0.29) is 17.7 Å². The quantitative estimate of drug-likeness (QED) is 0.827. The van der Waals surface area contributed by atoms with E-state index >= 15 is 0 Å². The first-order chi connectivity index (χ1) is 9.49. The van der Waals surface area contributed by atoms with Crippen LogP contribution in [0.25, 0.3) is 0 Å². The summed E-state index contributed by atoms with van der Waals surface area (Å²) in [6, 6.07) is 5.70. The zero-order valence-corrected chi connectivity index (χ0v) is 11.8. The van der Waals surface area contributed by atoms with E-state index in [1.54, 1.807) is 15.9 Å². The number of halogens is 1. The standard InChI is InChI=1S/C15H19FN2O2/c1-11(2)14(19)17-6-8-18(9-7-17)15(20)12-4-3-5-13(16)10-12/h3-5,10-11H,6-9H2,1-2H3. The van der Waals surface area contributed by atoms with Crippen LogP contribution in [0.4, 0.5) is 4.39 Å². The molecule has 4 nitrogen and oxygen atoms in total. The van der Waals surface area contributed by atoms with Crippen molar-refractivity contribution in [3.8, 4) is 0 Å². The largest absolute Gasteiger partial charge is 0.339 e. The summed E-state index contributed by atoms with van der Waals surface area (Å²) in [5.74, 6) is -0.506. The molecule has 108 valence electrons. The topological polar surface area (TPSA) is 40.6 Å². The minimum absolute atomic E-state index is 0.0273. The average Bonchev–Trinajstić information content (AvgIpc) is 2.46. The van der Waals surface area contributed by atoms with E-state index in [1.807, 2.05) is 13.8 Å². The Morgan fingerprint density at radius 3 is 2.25 bits per heavy atom. The zero-order valence-electron chi connectivity index (χ0n) is 11.8. The first-order valence-corrected chi connectivity index (χ1v) is 6.82. The number of hydrogen-bond acceptors (Lipinski definition) is 2. The van der Waals surface area contributed by atoms with Gasteiger partial charge in [-0.3, -0.25) is 9.59 Å². The highest BCUT2D eigenvalue weighted by Gasteiger charge is 2.25. The van der Waals surface area contributed by atoms with Crippen LogP contribution in [0.3, 0.4) is 0 Å². The summed E-state index contributed by atoms with van der Waals surface area (Å²) in [7, 11) is 0. The molecular weight excluding hydrogens is 259 g/mol. The van der Waals surface area contributed by atoms with Gasteiger partial charge in [0.05, 0.1) is 0 Å². The Morgan fingerprint density at radius 2 is 1.70 bits per heavy atom. The molecular formula is C15H19FN2O2. The number of carbonyl (C=O) groups excluding carboxylic acids is 2. The summed E-state index contributed by atoms with van der Waals surface area (Å²) >= 11 is 0. The van der Waals surface area contributed by atoms with E-state index in [2.05, 4.69) is 0 Å². The van der Waals surface area contributed by atoms with Crippen LogP contribution >= 0.6 is 0 Å². The SMILES string of the molecule is CC(C)C(=O)N1CCN(C(=O)c2cccc(F)c2)CC1. The molecule has 0 aromatic heterocycles. The molecule has 2 amide bonds. The van der Waals surface area contributed by atoms with Crippen molar-refractivity contribution >= 4 is 11.8 Å². The van der Waals surface area contributed by atoms with Crippen molar-refractivity contribution in [3.05, 3.63) is 35.6 Å². The van der Waals surface area contributed by atoms with Crippen molar-refractivity contribution in [1.29, 1.82) is 0 Å². The maximum atomic E-state index is 13.1. The van der Waals surface area contributed by atoms with Crippen LogP contribution in [0.15, 0.2) is 24.3 Å². The molecule has 2 rings (SSSR count). The monoisotopic (exact) mass is 278 g/mol. The Balaban J connectivity index is 1.97. The second kappa shape index (κ2) is 6.03. The summed E-state index contributed by atoms with van der Waals surface area (Å²) in [5.41, 5.74) is 0.355. The molecule has 0 aliphatic carbocycles. The smallest absolute Gasteiger partial charge is 0.254 e. The molecule has 1 saturated heterocycles. The van der Waals surface area contributed by atoms with Crippen molar-refractivity contribution in [3.63, 3.8) is 0 Å². The molecule has 1 aliphatic heterocycles. The minimum Gasteiger partial charge on any atom is -0.339 e. The highest BCUT2D eigenvalue weighted by molar-refractivity contribution is 5.94. The highest BCUT2D eigenvalue weighted by atomic mass is 19.1. The predicted molar refractivity (Wildman–Crippen MR) is 73.7 cm³/mol. The molecule has 1 heterocycles. The maximum absolute atomic E-state index is 13.1. The number of hydrogen-bond donors (Lipinski definition) is 0. The molecule has 20 heavy (non-hydrogen) atoms. The zero-order chi connectivity index (χ0) is 14.7. The maximum Gasteiger partial charge on any atom is 0.254 e. The van der Waals surface area contributed by atoms with Gasteiger partial charge in [0.25, 0.3) is 5.91 Å². The van der Waals surface area contributed by atoms with Crippen LogP contribution in [0.5, 0.6) is 0 Å². The number of benzene rings is 1. The van der Waals surface area contributed by atoms with Crippen LogP contribution < -0.4 is 0 Å². The van der Waals surface area contributed by atoms with Gasteiger partial charge < -0.3 is 9.80 Å². The number of carbonyl (C=O) groups is 2. The van der Waals surface area contributed by atoms with Crippen LogP contribution in [-0.4, -0.2) is 47.8 Å². The van der Waals surface area contributed by atoms with Crippen LogP contribution in [0.1, 0.15) is 24.2 Å². The lowest BCUT2D eigenvalue weighted by atomic mass is 10.1. The predicted octanol–water partition coefficient (Wildman–Crippen LogP) is 1.77. The highest BCUT2D eigenvalue weighted by Crippen LogP contribution is 2.12. The van der Waals surface area contributed by atoms with Gasteiger partial charge in [-0.25, -0.2) is 4.39 Å². The van der Waals surface area contributed by atoms with Gasteiger partial charge in [-0.05, 0) is 18.2 Å². The third-order valence-electron chi connectivity index (χ3n) is 3.44. The molecule has 0 bridgehead atoms. The van der Waals surface area contributed by atoms with E-state index in [9.17, 15) is 14.0 Å². The lowest BCUT2D eigenvalue weighted by molar-refractivity contribution is -0.135. The Labute approximate surface area is 118 Å². The Kier molecular flexibility index (Phi) is 4.37. The Bertz CT molecular complexity index is 508. The van der Waals surface area contributed by atoms with Gasteiger partial charge in [-0.1, -0.05) is 19.9 Å². The van der Waals surface area contributed by atoms with Crippen molar-refractivity contribution in [2.24, 2.45) is 5.92 Å². The molecule has 5 heteroatoms. The molecule has 1 fully saturated rings. The summed E-state index contributed by atoms with van der Waals surface area (Å²) in [6.45, 7) is 5.80. The van der Waals surface area contributed by atoms with Crippen LogP contribution in [-0.2, 0) is 4.79 Å². The van der Waals surface area contributed by atoms with E-state index in [1.165, 1.54) is 18.2 Å². The van der Waals surface area contributed by atoms with Gasteiger partial charge in [-0.2, -0.15) is 0 Å². The fourth-order valence-corrected chi connectivity index (χ4v) is 2.30. The average molecular weight is 278 g/mol. The number of nitrogens with zero attached hydrogens (tertiary/aromatic N) is 2. The van der Waals surface area contributed by atoms with Crippen LogP contribution in [0.2, 0.25) is 0 Å². The van der Waals surface area contributed by atoms with E-state index in [0.717, 1.165) is 0 Å². The lowest BCUT2D eigenvalue weighted by Crippen LogP contribution is -2.51. The molecule has 0 unspecified atom stereocenters. The van der Waals surface area contributed by atoms with E-state index < -0.39 is 5.82 Å². The molecule has 0 radical (unpaired) electrons. The first-order valence-electron chi connectivity index (χ1n) is 6.82. The van der Waals surface area contributed by atoms with Gasteiger partial charge in [-0.15, -0.1) is 0 Å². The fourth-order valence-electron chi connectivity index (χ4n) is 2.30. The second-order valence-corrected chi connectivity index (χ2v) is 5.28. The molecule has 1 aromatic rings. The van der Waals surface area contributed by atoms with Gasteiger partial charge in [0, 0.05) is 37.7 Å². The fraction of sp³-hybridized carbons (Fsp3) is 0.467. The minimum atomic E-state index is -0.413. The molecule has 0 spiro atoms. The number of amides is 2. The molecule has 1 aliphatic rings. The van der Waals surface area contributed by atoms with Gasteiger partial charge in [0.2, 0.25) is 5.91 Å². The summed E-state index contributed by atoms with van der Waals surface area (Å²) < 4.78 is 13.1. The Morgan fingerprint density at radius 1 is 1.10 bits per heavy atom. The molecule has 0 atom stereocenters. The second-order valence-electron chi connectivity index (χ2n) is 5.28. The molecule has 1 aromatic carbocycles. The molecule has 0 N–H and O–H groups in total. The van der Waals surface area contributed by atoms with Crippen LogP contribution in [0, 0.1) is 11.7 Å². The summed E-state index contributed by atoms with van der Waals surface area (Å²) in [4.78, 5) is 27.5. The normalized spacial score (nSPS) is 15.6. The van der Waals surface area contributed by atoms with Crippen molar-refractivity contribution in [2.45, 2.75) is 13.8 Å². The number of rotatable bonds is 2. The summed E-state index contributed by atoms with van der Waals surface area (Å²) in [6.07, 6.45) is 0. The Hall–Kier alpha value is -1.91. The number of piperazine rings is 1.